The van der Waals surface area contributed by atoms with Gasteiger partial charge in [-0.2, -0.15) is 4.39 Å². The van der Waals surface area contributed by atoms with Crippen LogP contribution in [0.4, 0.5) is 10.1 Å². The van der Waals surface area contributed by atoms with Gasteiger partial charge in [-0.3, -0.25) is 10.1 Å². The van der Waals surface area contributed by atoms with Gasteiger partial charge in [0.2, 0.25) is 5.82 Å². The molecule has 0 radical (unpaired) electrons. The second kappa shape index (κ2) is 5.41. The predicted octanol–water partition coefficient (Wildman–Crippen LogP) is 1.59. The highest BCUT2D eigenvalue weighted by Crippen LogP contribution is 2.26. The van der Waals surface area contributed by atoms with Gasteiger partial charge in [-0.25, -0.2) is 0 Å². The molecular formula is C12H15FN2O3. The fourth-order valence-corrected chi connectivity index (χ4v) is 2.12. The topological polar surface area (TPSA) is 75.4 Å². The summed E-state index contributed by atoms with van der Waals surface area (Å²) in [6.07, 6.45) is 1.33. The third kappa shape index (κ3) is 2.83. The van der Waals surface area contributed by atoms with Gasteiger partial charge in [0.25, 0.3) is 0 Å². The van der Waals surface area contributed by atoms with Crippen LogP contribution >= 0.6 is 0 Å². The van der Waals surface area contributed by atoms with E-state index in [9.17, 15) is 14.5 Å². The van der Waals surface area contributed by atoms with E-state index in [-0.39, 0.29) is 12.6 Å². The second-order valence-corrected chi connectivity index (χ2v) is 4.63. The van der Waals surface area contributed by atoms with E-state index in [0.29, 0.717) is 18.0 Å². The van der Waals surface area contributed by atoms with Crippen molar-refractivity contribution in [3.8, 4) is 0 Å². The fraction of sp³-hybridized carbons (Fsp3) is 0.500. The van der Waals surface area contributed by atoms with Crippen molar-refractivity contribution < 1.29 is 14.4 Å². The molecule has 0 heterocycles. The Balaban J connectivity index is 1.89. The summed E-state index contributed by atoms with van der Waals surface area (Å²) in [7, 11) is 0. The molecule has 0 atom stereocenters. The van der Waals surface area contributed by atoms with E-state index < -0.39 is 16.4 Å². The molecule has 1 aromatic rings. The van der Waals surface area contributed by atoms with Gasteiger partial charge in [0.1, 0.15) is 0 Å². The van der Waals surface area contributed by atoms with Crippen LogP contribution in [0.25, 0.3) is 0 Å². The number of aliphatic hydroxyl groups is 1. The lowest BCUT2D eigenvalue weighted by Gasteiger charge is -2.31. The zero-order valence-corrected chi connectivity index (χ0v) is 9.80. The smallest absolute Gasteiger partial charge is 0.305 e. The summed E-state index contributed by atoms with van der Waals surface area (Å²) in [5, 5.41) is 22.7. The maximum Gasteiger partial charge on any atom is 0.305 e. The first-order valence-corrected chi connectivity index (χ1v) is 5.88. The fourth-order valence-electron chi connectivity index (χ4n) is 2.12. The number of halogens is 1. The Morgan fingerprint density at radius 1 is 1.50 bits per heavy atom. The maximum absolute atomic E-state index is 13.7. The van der Waals surface area contributed by atoms with Crippen LogP contribution in [0, 0.1) is 21.8 Å². The first-order chi connectivity index (χ1) is 8.58. The van der Waals surface area contributed by atoms with Crippen LogP contribution in [0.1, 0.15) is 18.4 Å². The Bertz CT molecular complexity index is 447. The van der Waals surface area contributed by atoms with Crippen molar-refractivity contribution >= 4 is 5.69 Å². The number of nitro groups is 1. The van der Waals surface area contributed by atoms with E-state index in [0.717, 1.165) is 18.9 Å². The zero-order chi connectivity index (χ0) is 13.1. The molecule has 18 heavy (non-hydrogen) atoms. The molecule has 0 bridgehead atoms. The first kappa shape index (κ1) is 12.9. The SMILES string of the molecule is O=[N+]([O-])c1cccc(CNCC2CC(O)C2)c1F. The van der Waals surface area contributed by atoms with E-state index in [2.05, 4.69) is 5.32 Å². The highest BCUT2D eigenvalue weighted by molar-refractivity contribution is 5.36. The van der Waals surface area contributed by atoms with E-state index >= 15 is 0 Å². The highest BCUT2D eigenvalue weighted by atomic mass is 19.1. The third-order valence-electron chi connectivity index (χ3n) is 3.21. The van der Waals surface area contributed by atoms with Gasteiger partial charge in [-0.1, -0.05) is 12.1 Å². The lowest BCUT2D eigenvalue weighted by molar-refractivity contribution is -0.387. The van der Waals surface area contributed by atoms with Crippen molar-refractivity contribution in [2.24, 2.45) is 5.92 Å². The van der Waals surface area contributed by atoms with Crippen LogP contribution in [-0.4, -0.2) is 22.7 Å². The average molecular weight is 254 g/mol. The van der Waals surface area contributed by atoms with Gasteiger partial charge in [0.15, 0.2) is 0 Å². The minimum Gasteiger partial charge on any atom is -0.393 e. The van der Waals surface area contributed by atoms with Gasteiger partial charge in [0, 0.05) is 18.2 Å². The van der Waals surface area contributed by atoms with Crippen LogP contribution in [-0.2, 0) is 6.54 Å². The van der Waals surface area contributed by atoms with Crippen LogP contribution in [0.3, 0.4) is 0 Å². The van der Waals surface area contributed by atoms with E-state index in [1.165, 1.54) is 12.1 Å². The molecule has 1 aliphatic rings. The number of aliphatic hydroxyl groups excluding tert-OH is 1. The number of hydrogen-bond donors (Lipinski definition) is 2. The molecule has 5 nitrogen and oxygen atoms in total. The lowest BCUT2D eigenvalue weighted by atomic mass is 9.82. The van der Waals surface area contributed by atoms with Crippen LogP contribution in [0.15, 0.2) is 18.2 Å². The summed E-state index contributed by atoms with van der Waals surface area (Å²) in [6.45, 7) is 0.958. The van der Waals surface area contributed by atoms with Crippen molar-refractivity contribution in [2.45, 2.75) is 25.5 Å². The summed E-state index contributed by atoms with van der Waals surface area (Å²) >= 11 is 0. The largest absolute Gasteiger partial charge is 0.393 e. The van der Waals surface area contributed by atoms with E-state index in [1.807, 2.05) is 0 Å². The summed E-state index contributed by atoms with van der Waals surface area (Å²) in [5.41, 5.74) is -0.197. The number of nitro benzene ring substituents is 1. The summed E-state index contributed by atoms with van der Waals surface area (Å²) in [6, 6.07) is 4.16. The summed E-state index contributed by atoms with van der Waals surface area (Å²) < 4.78 is 13.7. The van der Waals surface area contributed by atoms with Gasteiger partial charge in [0.05, 0.1) is 11.0 Å². The standard InChI is InChI=1S/C12H15FN2O3/c13-12-9(2-1-3-11(12)15(17)18)7-14-6-8-4-10(16)5-8/h1-3,8,10,14,16H,4-7H2. The van der Waals surface area contributed by atoms with Crippen LogP contribution in [0.2, 0.25) is 0 Å². The average Bonchev–Trinajstić information content (AvgIpc) is 2.28. The predicted molar refractivity (Wildman–Crippen MR) is 63.5 cm³/mol. The molecule has 0 aromatic heterocycles. The molecule has 0 spiro atoms. The summed E-state index contributed by atoms with van der Waals surface area (Å²) in [4.78, 5) is 9.84. The molecule has 1 fully saturated rings. The Labute approximate surface area is 104 Å². The van der Waals surface area contributed by atoms with Gasteiger partial charge < -0.3 is 10.4 Å². The number of benzene rings is 1. The third-order valence-corrected chi connectivity index (χ3v) is 3.21. The number of rotatable bonds is 5. The van der Waals surface area contributed by atoms with Gasteiger partial charge in [-0.15, -0.1) is 0 Å². The Kier molecular flexibility index (Phi) is 3.88. The molecule has 0 aliphatic heterocycles. The molecular weight excluding hydrogens is 239 g/mol. The minimum absolute atomic E-state index is 0.202. The molecule has 0 unspecified atom stereocenters. The molecule has 2 rings (SSSR count). The molecule has 1 saturated carbocycles. The molecule has 98 valence electrons. The number of nitrogens with one attached hydrogen (secondary N) is 1. The van der Waals surface area contributed by atoms with E-state index in [4.69, 9.17) is 5.11 Å². The zero-order valence-electron chi connectivity index (χ0n) is 9.80. The Morgan fingerprint density at radius 2 is 2.22 bits per heavy atom. The second-order valence-electron chi connectivity index (χ2n) is 4.63. The molecule has 1 aliphatic carbocycles. The quantitative estimate of drug-likeness (QED) is 0.618. The van der Waals surface area contributed by atoms with Gasteiger partial charge in [-0.05, 0) is 25.3 Å². The van der Waals surface area contributed by atoms with Crippen LogP contribution < -0.4 is 5.32 Å². The minimum atomic E-state index is -0.774. The van der Waals surface area contributed by atoms with Crippen LogP contribution in [0.5, 0.6) is 0 Å². The molecule has 2 N–H and O–H groups in total. The Morgan fingerprint density at radius 3 is 2.83 bits per heavy atom. The monoisotopic (exact) mass is 254 g/mol. The van der Waals surface area contributed by atoms with Crippen molar-refractivity contribution in [1.82, 2.24) is 5.32 Å². The van der Waals surface area contributed by atoms with Crippen molar-refractivity contribution in [3.63, 3.8) is 0 Å². The van der Waals surface area contributed by atoms with E-state index in [1.54, 1.807) is 0 Å². The first-order valence-electron chi connectivity index (χ1n) is 5.88. The highest BCUT2D eigenvalue weighted by Gasteiger charge is 2.26. The van der Waals surface area contributed by atoms with Gasteiger partial charge >= 0.3 is 5.69 Å². The molecule has 0 saturated heterocycles. The number of hydrogen-bond acceptors (Lipinski definition) is 4. The van der Waals surface area contributed by atoms with Crippen molar-refractivity contribution in [2.75, 3.05) is 6.54 Å². The number of nitrogens with zero attached hydrogens (tertiary/aromatic N) is 1. The Hall–Kier alpha value is -1.53. The molecule has 6 heteroatoms. The normalized spacial score (nSPS) is 22.6. The summed E-state index contributed by atoms with van der Waals surface area (Å²) in [5.74, 6) is -0.356. The van der Waals surface area contributed by atoms with Crippen molar-refractivity contribution in [1.29, 1.82) is 0 Å². The lowest BCUT2D eigenvalue weighted by Crippen LogP contribution is -2.36. The van der Waals surface area contributed by atoms with Crippen molar-refractivity contribution in [3.05, 3.63) is 39.7 Å². The maximum atomic E-state index is 13.7. The molecule has 0 amide bonds. The molecule has 1 aromatic carbocycles.